The predicted octanol–water partition coefficient (Wildman–Crippen LogP) is 4.22. The van der Waals surface area contributed by atoms with Gasteiger partial charge in [0.15, 0.2) is 0 Å². The zero-order valence-corrected chi connectivity index (χ0v) is 10.4. The number of hydrogen-bond donors (Lipinski definition) is 1. The minimum absolute atomic E-state index is 0.302. The molecule has 0 aliphatic rings. The van der Waals surface area contributed by atoms with Gasteiger partial charge in [0.05, 0.1) is 6.10 Å². The molecule has 0 spiro atoms. The Morgan fingerprint density at radius 1 is 1.13 bits per heavy atom. The van der Waals surface area contributed by atoms with Crippen LogP contribution in [0.1, 0.15) is 65.2 Å². The zero-order chi connectivity index (χ0) is 11.5. The third kappa shape index (κ3) is 7.41. The number of hydrogen-bond acceptors (Lipinski definition) is 1. The molecule has 0 saturated carbocycles. The minimum atomic E-state index is -0.302. The van der Waals surface area contributed by atoms with E-state index in [1.54, 1.807) is 0 Å². The van der Waals surface area contributed by atoms with Gasteiger partial charge in [0.25, 0.3) is 0 Å². The lowest BCUT2D eigenvalue weighted by molar-refractivity contribution is 0.192. The molecule has 0 aromatic rings. The Morgan fingerprint density at radius 2 is 1.80 bits per heavy atom. The Labute approximate surface area is 94.9 Å². The summed E-state index contributed by atoms with van der Waals surface area (Å²) in [4.78, 5) is 0. The van der Waals surface area contributed by atoms with Crippen molar-refractivity contribution in [3.05, 3.63) is 17.9 Å². The average Bonchev–Trinajstić information content (AvgIpc) is 2.26. The molecule has 88 valence electrons. The van der Waals surface area contributed by atoms with Crippen LogP contribution in [0.4, 0.5) is 0 Å². The molecule has 0 bridgehead atoms. The van der Waals surface area contributed by atoms with Crippen LogP contribution in [0, 0.1) is 0 Å². The Kier molecular flexibility index (Phi) is 9.67. The van der Waals surface area contributed by atoms with E-state index in [-0.39, 0.29) is 6.10 Å². The molecule has 15 heavy (non-hydrogen) atoms. The van der Waals surface area contributed by atoms with Crippen molar-refractivity contribution in [3.8, 4) is 0 Å². The largest absolute Gasteiger partial charge is 0.388 e. The Hall–Kier alpha value is -0.520. The van der Waals surface area contributed by atoms with Crippen LogP contribution in [-0.2, 0) is 0 Å². The van der Waals surface area contributed by atoms with Crippen LogP contribution in [0.15, 0.2) is 17.9 Å². The second-order valence-electron chi connectivity index (χ2n) is 4.17. The minimum Gasteiger partial charge on any atom is -0.388 e. The molecular weight excluding hydrogens is 184 g/mol. The van der Waals surface area contributed by atoms with Crippen molar-refractivity contribution in [3.63, 3.8) is 0 Å². The number of unbranched alkanes of at least 4 members (excludes halogenated alkanes) is 4. The van der Waals surface area contributed by atoms with Gasteiger partial charge in [-0.2, -0.15) is 0 Å². The molecular formula is C14H26O. The highest BCUT2D eigenvalue weighted by Gasteiger charge is 2.08. The highest BCUT2D eigenvalue weighted by atomic mass is 16.3. The number of rotatable bonds is 9. The third-order valence-corrected chi connectivity index (χ3v) is 2.76. The van der Waals surface area contributed by atoms with Crippen molar-refractivity contribution < 1.29 is 5.11 Å². The van der Waals surface area contributed by atoms with Gasteiger partial charge in [-0.05, 0) is 24.8 Å². The summed E-state index contributed by atoms with van der Waals surface area (Å²) in [5.41, 5.74) is 3.92. The van der Waals surface area contributed by atoms with Gasteiger partial charge in [0, 0.05) is 0 Å². The molecule has 1 unspecified atom stereocenters. The van der Waals surface area contributed by atoms with Crippen molar-refractivity contribution in [2.75, 3.05) is 0 Å². The van der Waals surface area contributed by atoms with Gasteiger partial charge in [-0.25, -0.2) is 0 Å². The molecule has 0 aromatic heterocycles. The Morgan fingerprint density at radius 3 is 2.33 bits per heavy atom. The molecule has 0 aliphatic heterocycles. The summed E-state index contributed by atoms with van der Waals surface area (Å²) in [6.45, 7) is 8.02. The third-order valence-electron chi connectivity index (χ3n) is 2.76. The Bertz CT molecular complexity index is 190. The van der Waals surface area contributed by atoms with E-state index in [9.17, 15) is 5.11 Å². The molecule has 0 rings (SSSR count). The molecule has 0 amide bonds. The SMILES string of the molecule is C=C=C(CCCCCC)C(O)CCCC. The molecule has 0 aliphatic carbocycles. The summed E-state index contributed by atoms with van der Waals surface area (Å²) < 4.78 is 0. The monoisotopic (exact) mass is 210 g/mol. The summed E-state index contributed by atoms with van der Waals surface area (Å²) in [6, 6.07) is 0. The first-order chi connectivity index (χ1) is 7.26. The van der Waals surface area contributed by atoms with Crippen LogP contribution >= 0.6 is 0 Å². The van der Waals surface area contributed by atoms with Crippen molar-refractivity contribution in [2.45, 2.75) is 71.3 Å². The molecule has 0 saturated heterocycles. The molecule has 1 atom stereocenters. The number of aliphatic hydroxyl groups is 1. The molecule has 0 radical (unpaired) electrons. The lowest BCUT2D eigenvalue weighted by atomic mass is 9.99. The standard InChI is InChI=1S/C14H26O/c1-4-7-9-10-11-13(6-3)14(15)12-8-5-2/h14-15H,3-5,7-12H2,1-2H3. The van der Waals surface area contributed by atoms with Crippen LogP contribution in [-0.4, -0.2) is 11.2 Å². The zero-order valence-electron chi connectivity index (χ0n) is 10.4. The van der Waals surface area contributed by atoms with E-state index in [4.69, 9.17) is 0 Å². The van der Waals surface area contributed by atoms with Crippen LogP contribution < -0.4 is 0 Å². The molecule has 0 fully saturated rings. The van der Waals surface area contributed by atoms with Crippen LogP contribution in [0.25, 0.3) is 0 Å². The van der Waals surface area contributed by atoms with Crippen molar-refractivity contribution in [1.29, 1.82) is 0 Å². The maximum atomic E-state index is 9.86. The lowest BCUT2D eigenvalue weighted by Crippen LogP contribution is -2.09. The van der Waals surface area contributed by atoms with Crippen molar-refractivity contribution >= 4 is 0 Å². The van der Waals surface area contributed by atoms with E-state index in [1.165, 1.54) is 19.3 Å². The molecule has 1 nitrogen and oxygen atoms in total. The van der Waals surface area contributed by atoms with Gasteiger partial charge in [-0.15, -0.1) is 5.73 Å². The predicted molar refractivity (Wildman–Crippen MR) is 66.9 cm³/mol. The first-order valence-electron chi connectivity index (χ1n) is 6.33. The highest BCUT2D eigenvalue weighted by Crippen LogP contribution is 2.16. The van der Waals surface area contributed by atoms with Crippen LogP contribution in [0.5, 0.6) is 0 Å². The highest BCUT2D eigenvalue weighted by molar-refractivity contribution is 5.05. The fourth-order valence-corrected chi connectivity index (χ4v) is 1.69. The summed E-state index contributed by atoms with van der Waals surface area (Å²) >= 11 is 0. The summed E-state index contributed by atoms with van der Waals surface area (Å²) in [5, 5.41) is 9.86. The summed E-state index contributed by atoms with van der Waals surface area (Å²) in [5.74, 6) is 0. The average molecular weight is 210 g/mol. The molecule has 0 aromatic carbocycles. The molecule has 1 N–H and O–H groups in total. The maximum Gasteiger partial charge on any atom is 0.0823 e. The quantitative estimate of drug-likeness (QED) is 0.446. The van der Waals surface area contributed by atoms with Crippen LogP contribution in [0.3, 0.4) is 0 Å². The van der Waals surface area contributed by atoms with Gasteiger partial charge in [-0.3, -0.25) is 0 Å². The van der Waals surface area contributed by atoms with Gasteiger partial charge in [0.1, 0.15) is 0 Å². The molecule has 1 heteroatoms. The van der Waals surface area contributed by atoms with Gasteiger partial charge in [0.2, 0.25) is 0 Å². The van der Waals surface area contributed by atoms with E-state index < -0.39 is 0 Å². The normalized spacial score (nSPS) is 12.2. The second-order valence-corrected chi connectivity index (χ2v) is 4.17. The van der Waals surface area contributed by atoms with E-state index in [0.29, 0.717) is 0 Å². The van der Waals surface area contributed by atoms with Crippen molar-refractivity contribution in [2.24, 2.45) is 0 Å². The first-order valence-corrected chi connectivity index (χ1v) is 6.33. The lowest BCUT2D eigenvalue weighted by Gasteiger charge is -2.12. The van der Waals surface area contributed by atoms with Gasteiger partial charge in [-0.1, -0.05) is 52.5 Å². The van der Waals surface area contributed by atoms with E-state index in [1.807, 2.05) is 0 Å². The van der Waals surface area contributed by atoms with E-state index in [2.05, 4.69) is 26.2 Å². The smallest absolute Gasteiger partial charge is 0.0823 e. The topological polar surface area (TPSA) is 20.2 Å². The maximum absolute atomic E-state index is 9.86. The van der Waals surface area contributed by atoms with Gasteiger partial charge >= 0.3 is 0 Å². The fourth-order valence-electron chi connectivity index (χ4n) is 1.69. The van der Waals surface area contributed by atoms with E-state index >= 15 is 0 Å². The number of aliphatic hydroxyl groups excluding tert-OH is 1. The fraction of sp³-hybridized carbons (Fsp3) is 0.786. The summed E-state index contributed by atoms with van der Waals surface area (Å²) in [6.07, 6.45) is 8.71. The van der Waals surface area contributed by atoms with Crippen molar-refractivity contribution in [1.82, 2.24) is 0 Å². The van der Waals surface area contributed by atoms with Crippen LogP contribution in [0.2, 0.25) is 0 Å². The van der Waals surface area contributed by atoms with Gasteiger partial charge < -0.3 is 5.11 Å². The Balaban J connectivity index is 3.77. The molecule has 0 heterocycles. The van der Waals surface area contributed by atoms with E-state index in [0.717, 1.165) is 37.7 Å². The second kappa shape index (κ2) is 10.0. The summed E-state index contributed by atoms with van der Waals surface area (Å²) in [7, 11) is 0. The first kappa shape index (κ1) is 14.5.